The van der Waals surface area contributed by atoms with Gasteiger partial charge >= 0.3 is 0 Å². The maximum atomic E-state index is 2.61. The Balaban J connectivity index is -0.000000451. The summed E-state index contributed by atoms with van der Waals surface area (Å²) >= 11 is 0. The maximum absolute atomic E-state index is 2.61. The molecule has 0 saturated heterocycles. The molecule has 0 rings (SSSR count). The van der Waals surface area contributed by atoms with Gasteiger partial charge in [0.25, 0.3) is 0 Å². The number of hydrogen-bond donors (Lipinski definition) is 0. The van der Waals surface area contributed by atoms with E-state index in [1.165, 1.54) is 74.4 Å². The third-order valence-corrected chi connectivity index (χ3v) is 17.9. The summed E-state index contributed by atoms with van der Waals surface area (Å²) < 4.78 is 0. The molecule has 29 heavy (non-hydrogen) atoms. The van der Waals surface area contributed by atoms with E-state index >= 15 is 0 Å². The zero-order valence-electron chi connectivity index (χ0n) is 21.7. The topological polar surface area (TPSA) is 6.48 Å². The summed E-state index contributed by atoms with van der Waals surface area (Å²) in [6.07, 6.45) is 17.1. The normalized spacial score (nSPS) is 11.6. The van der Waals surface area contributed by atoms with Crippen molar-refractivity contribution in [1.82, 2.24) is 9.80 Å². The Labute approximate surface area is 201 Å². The van der Waals surface area contributed by atoms with Crippen molar-refractivity contribution in [3.05, 3.63) is 0 Å². The van der Waals surface area contributed by atoms with E-state index in [2.05, 4.69) is 79.3 Å². The molecule has 182 valence electrons. The summed E-state index contributed by atoms with van der Waals surface area (Å²) in [5.41, 5.74) is 0. The van der Waals surface area contributed by atoms with Gasteiger partial charge in [0.05, 0.1) is 49.3 Å². The zero-order valence-corrected chi connectivity index (χ0v) is 26.7. The molecule has 7 heteroatoms. The molecule has 0 fully saturated rings. The molecule has 0 N–H and O–H groups in total. The van der Waals surface area contributed by atoms with Crippen molar-refractivity contribution >= 4 is 31.7 Å². The van der Waals surface area contributed by atoms with Gasteiger partial charge in [-0.15, -0.1) is 0 Å². The molecule has 0 radical (unpaired) electrons. The first kappa shape index (κ1) is 35.7. The number of rotatable bonds is 16. The summed E-state index contributed by atoms with van der Waals surface area (Å²) in [5.74, 6) is 0. The SMILES string of the molecule is CC[PH+](CC)CN(C)C[PH+](CC)CC.CC[PH+](CC)CN(C)C[PH+](CC)CC.[Ni]. The summed E-state index contributed by atoms with van der Waals surface area (Å²) in [7, 11) is 4.49. The van der Waals surface area contributed by atoms with Crippen molar-refractivity contribution in [2.45, 2.75) is 55.4 Å². The molecule has 0 unspecified atom stereocenters. The van der Waals surface area contributed by atoms with Crippen molar-refractivity contribution in [2.75, 3.05) is 88.5 Å². The molecule has 2 nitrogen and oxygen atoms in total. The molecule has 0 aromatic heterocycles. The van der Waals surface area contributed by atoms with Gasteiger partial charge in [-0.3, -0.25) is 0 Å². The molecular formula is C22H58N2NiP4+4. The Morgan fingerprint density at radius 3 is 0.621 bits per heavy atom. The van der Waals surface area contributed by atoms with Gasteiger partial charge in [-0.25, -0.2) is 9.80 Å². The maximum Gasteiger partial charge on any atom is 0.112 e. The van der Waals surface area contributed by atoms with E-state index in [1.807, 2.05) is 0 Å². The third kappa shape index (κ3) is 20.5. The predicted molar refractivity (Wildman–Crippen MR) is 153 cm³/mol. The molecule has 0 spiro atoms. The van der Waals surface area contributed by atoms with Gasteiger partial charge in [-0.05, 0) is 69.5 Å². The Bertz CT molecular complexity index is 253. The van der Waals surface area contributed by atoms with Gasteiger partial charge in [-0.2, -0.15) is 0 Å². The fourth-order valence-electron chi connectivity index (χ4n) is 3.53. The monoisotopic (exact) mass is 532 g/mol. The van der Waals surface area contributed by atoms with Crippen LogP contribution in [0.4, 0.5) is 0 Å². The van der Waals surface area contributed by atoms with Crippen LogP contribution in [0.1, 0.15) is 55.4 Å². The van der Waals surface area contributed by atoms with E-state index in [0.717, 1.165) is 0 Å². The van der Waals surface area contributed by atoms with Crippen LogP contribution < -0.4 is 0 Å². The second-order valence-corrected chi connectivity index (χ2v) is 21.1. The second-order valence-electron chi connectivity index (χ2n) is 8.17. The third-order valence-electron chi connectivity index (χ3n) is 5.97. The summed E-state index contributed by atoms with van der Waals surface area (Å²) in [4.78, 5) is 5.23. The van der Waals surface area contributed by atoms with E-state index < -0.39 is 0 Å². The van der Waals surface area contributed by atoms with E-state index in [9.17, 15) is 0 Å². The predicted octanol–water partition coefficient (Wildman–Crippen LogP) is 6.68. The average molecular weight is 533 g/mol. The number of nitrogens with zero attached hydrogens (tertiary/aromatic N) is 2. The summed E-state index contributed by atoms with van der Waals surface area (Å²) in [6.45, 7) is 18.9. The van der Waals surface area contributed by atoms with Gasteiger partial charge in [-0.1, -0.05) is 0 Å². The molecule has 0 atom stereocenters. The van der Waals surface area contributed by atoms with Crippen LogP contribution in [0.3, 0.4) is 0 Å². The Morgan fingerprint density at radius 2 is 0.517 bits per heavy atom. The largest absolute Gasteiger partial charge is 0.242 e. The van der Waals surface area contributed by atoms with E-state index in [-0.39, 0.29) is 48.2 Å². The molecule has 0 saturated carbocycles. The Hall–Kier alpha value is 2.13. The molecule has 0 amide bonds. The van der Waals surface area contributed by atoms with E-state index in [1.54, 1.807) is 0 Å². The Morgan fingerprint density at radius 1 is 0.379 bits per heavy atom. The molecule has 0 bridgehead atoms. The van der Waals surface area contributed by atoms with Crippen LogP contribution in [0, 0.1) is 0 Å². The van der Waals surface area contributed by atoms with E-state index in [0.29, 0.717) is 0 Å². The molecule has 0 aromatic carbocycles. The molecule has 0 aromatic rings. The van der Waals surface area contributed by atoms with Crippen LogP contribution in [0.15, 0.2) is 0 Å². The van der Waals surface area contributed by atoms with Crippen LogP contribution in [0.2, 0.25) is 0 Å². The second kappa shape index (κ2) is 24.8. The van der Waals surface area contributed by atoms with Gasteiger partial charge in [0.15, 0.2) is 0 Å². The molecule has 0 aliphatic rings. The van der Waals surface area contributed by atoms with Crippen LogP contribution in [0.25, 0.3) is 0 Å². The van der Waals surface area contributed by atoms with Crippen molar-refractivity contribution in [1.29, 1.82) is 0 Å². The van der Waals surface area contributed by atoms with Crippen LogP contribution in [-0.4, -0.2) is 98.3 Å². The van der Waals surface area contributed by atoms with Gasteiger partial charge in [0.1, 0.15) is 25.1 Å². The van der Waals surface area contributed by atoms with Crippen molar-refractivity contribution in [3.8, 4) is 0 Å². The van der Waals surface area contributed by atoms with E-state index in [4.69, 9.17) is 0 Å². The first-order chi connectivity index (χ1) is 13.3. The molecular weight excluding hydrogens is 475 g/mol. The van der Waals surface area contributed by atoms with Gasteiger partial charge in [0.2, 0.25) is 0 Å². The fourth-order valence-corrected chi connectivity index (χ4v) is 11.3. The van der Waals surface area contributed by atoms with Gasteiger partial charge < -0.3 is 0 Å². The van der Waals surface area contributed by atoms with Crippen LogP contribution in [0.5, 0.6) is 0 Å². The van der Waals surface area contributed by atoms with Crippen LogP contribution >= 0.6 is 31.7 Å². The van der Waals surface area contributed by atoms with Crippen molar-refractivity contribution in [2.24, 2.45) is 0 Å². The van der Waals surface area contributed by atoms with Crippen molar-refractivity contribution in [3.63, 3.8) is 0 Å². The minimum atomic E-state index is -0.0414. The summed E-state index contributed by atoms with van der Waals surface area (Å²) in [6, 6.07) is 0. The molecule has 0 heterocycles. The zero-order chi connectivity index (χ0) is 21.9. The minimum absolute atomic E-state index is 0. The average Bonchev–Trinajstić information content (AvgIpc) is 2.72. The quantitative estimate of drug-likeness (QED) is 0.161. The summed E-state index contributed by atoms with van der Waals surface area (Å²) in [5, 5.41) is 0. The van der Waals surface area contributed by atoms with Crippen molar-refractivity contribution < 1.29 is 16.5 Å². The van der Waals surface area contributed by atoms with Gasteiger partial charge in [0, 0.05) is 48.2 Å². The first-order valence-electron chi connectivity index (χ1n) is 12.1. The minimum Gasteiger partial charge on any atom is -0.242 e. The fraction of sp³-hybridized carbons (Fsp3) is 1.00. The Kier molecular flexibility index (Phi) is 30.5. The molecule has 0 aliphatic carbocycles. The number of hydrogen-bond acceptors (Lipinski definition) is 2. The van der Waals surface area contributed by atoms with Crippen LogP contribution in [-0.2, 0) is 16.5 Å². The smallest absolute Gasteiger partial charge is 0.112 e. The molecule has 0 aliphatic heterocycles. The standard InChI is InChI=1S/2C11H27NP2.Ni/c2*1-6-13(7-2)10-12(5)11-14(8-3)9-4;/h2*6-11H2,1-5H3;/p+4. The first-order valence-corrected chi connectivity index (χ1v) is 20.5.